The molecule has 2 fully saturated rings. The molecule has 22 nitrogen and oxygen atoms in total. The average Bonchev–Trinajstić information content (AvgIpc) is 2.78. The predicted molar refractivity (Wildman–Crippen MR) is 104 cm³/mol. The van der Waals surface area contributed by atoms with Gasteiger partial charge in [-0.05, 0) is 0 Å². The Morgan fingerprint density at radius 3 is 1.05 bits per heavy atom. The molecule has 2 saturated heterocycles. The van der Waals surface area contributed by atoms with Gasteiger partial charge in [-0.2, -0.15) is 0 Å². The van der Waals surface area contributed by atoms with E-state index >= 15 is 0 Å². The maximum absolute atomic E-state index is 12.4. The van der Waals surface area contributed by atoms with Gasteiger partial charge >= 0.3 is 79.1 Å². The van der Waals surface area contributed by atoms with E-state index in [0.29, 0.717) is 0 Å². The summed E-state index contributed by atoms with van der Waals surface area (Å²) in [6.07, 6.45) is 0. The highest BCUT2D eigenvalue weighted by Gasteiger charge is 2.72. The molecule has 2 rings (SSSR count). The molecule has 0 aromatic heterocycles. The third-order valence-electron chi connectivity index (χ3n) is 5.05. The summed E-state index contributed by atoms with van der Waals surface area (Å²) in [4.78, 5) is 140. The number of ether oxygens (including phenoxy) is 2. The van der Waals surface area contributed by atoms with Gasteiger partial charge in [0.15, 0.2) is 0 Å². The third kappa shape index (κ3) is 3.94. The monoisotopic (exact) mass is 554 g/mol. The lowest BCUT2D eigenvalue weighted by Gasteiger charge is -2.30. The highest BCUT2D eigenvalue weighted by atomic mass is 16.6. The van der Waals surface area contributed by atoms with Crippen LogP contribution in [-0.2, 0) is 67.0 Å². The first-order chi connectivity index (χ1) is 18.0. The maximum Gasteiger partial charge on any atom is 0.390 e. The van der Waals surface area contributed by atoms with Crippen LogP contribution in [0.15, 0.2) is 0 Å². The zero-order valence-electron chi connectivity index (χ0n) is 18.2. The lowest BCUT2D eigenvalue weighted by molar-refractivity contribution is -0.205. The molecule has 4 amide bonds. The fourth-order valence-electron chi connectivity index (χ4n) is 2.81. The molecule has 24 heteroatoms. The van der Waals surface area contributed by atoms with Gasteiger partial charge in [0.05, 0.1) is 0 Å². The molecule has 8 N–H and O–H groups in total. The second-order valence-electron chi connectivity index (χ2n) is 7.01. The summed E-state index contributed by atoms with van der Waals surface area (Å²) in [5.74, 6) is -25.7. The van der Waals surface area contributed by atoms with E-state index in [1.54, 1.807) is 0 Å². The highest BCUT2D eigenvalue weighted by Crippen LogP contribution is 2.32. The van der Waals surface area contributed by atoms with Crippen molar-refractivity contribution in [2.24, 2.45) is 16.2 Å². The summed E-state index contributed by atoms with van der Waals surface area (Å²) in [5, 5.41) is 42.0. The number of nitrogens with one attached hydrogen (secondary N) is 4. The van der Waals surface area contributed by atoms with Gasteiger partial charge in [-0.1, -0.05) is 0 Å². The van der Waals surface area contributed by atoms with E-state index in [4.69, 9.17) is 10.2 Å². The number of rotatable bonds is 12. The summed E-state index contributed by atoms with van der Waals surface area (Å²) in [6.45, 7) is 0. The molecule has 0 aliphatic carbocycles. The van der Waals surface area contributed by atoms with Gasteiger partial charge in [-0.15, -0.1) is 0 Å². The molecular weight excluding hydrogens is 546 g/mol. The van der Waals surface area contributed by atoms with Crippen molar-refractivity contribution in [3.8, 4) is 0 Å². The SMILES string of the molecule is O=C(O)C(C(=O)O)(C(=O)N[B]NC(=O)C1(C(=O)O)C(=O)OC1=O)C(=O)N[B]NC(=O)C1(C(=O)O)C(=O)OC1=O. The Kier molecular flexibility index (Phi) is 7.47. The van der Waals surface area contributed by atoms with Crippen molar-refractivity contribution in [3.05, 3.63) is 0 Å². The smallest absolute Gasteiger partial charge is 0.390 e. The molecule has 2 radical (unpaired) electrons. The second-order valence-corrected chi connectivity index (χ2v) is 7.01. The van der Waals surface area contributed by atoms with Crippen LogP contribution in [0.5, 0.6) is 0 Å². The Hall–Kier alpha value is -5.83. The van der Waals surface area contributed by atoms with E-state index in [1.807, 2.05) is 0 Å². The van der Waals surface area contributed by atoms with Crippen LogP contribution < -0.4 is 20.9 Å². The Bertz CT molecular complexity index is 1150. The number of carboxylic acids is 4. The minimum absolute atomic E-state index is 0.0297. The molecule has 0 bridgehead atoms. The molecule has 0 saturated carbocycles. The fourth-order valence-corrected chi connectivity index (χ4v) is 2.81. The number of cyclic esters (lactones) is 4. The lowest BCUT2D eigenvalue weighted by Crippen LogP contribution is -2.68. The van der Waals surface area contributed by atoms with Crippen molar-refractivity contribution < 1.29 is 87.4 Å². The lowest BCUT2D eigenvalue weighted by atomic mass is 9.80. The Morgan fingerprint density at radius 2 is 0.846 bits per heavy atom. The van der Waals surface area contributed by atoms with Gasteiger partial charge < -0.3 is 50.8 Å². The quantitative estimate of drug-likeness (QED) is 0.0631. The van der Waals surface area contributed by atoms with Gasteiger partial charge in [0.1, 0.15) is 0 Å². The second kappa shape index (κ2) is 9.91. The van der Waals surface area contributed by atoms with Gasteiger partial charge in [-0.25, -0.2) is 38.4 Å². The van der Waals surface area contributed by atoms with Crippen LogP contribution in [0.2, 0.25) is 0 Å². The molecule has 0 aromatic rings. The number of carbonyl (C=O) groups excluding carboxylic acids is 8. The number of esters is 4. The number of carbonyl (C=O) groups is 12. The fraction of sp³-hybridized carbons (Fsp3) is 0.200. The van der Waals surface area contributed by atoms with Gasteiger partial charge in [0.25, 0.3) is 0 Å². The third-order valence-corrected chi connectivity index (χ3v) is 5.05. The van der Waals surface area contributed by atoms with E-state index in [-0.39, 0.29) is 15.1 Å². The normalized spacial score (nSPS) is 16.4. The van der Waals surface area contributed by atoms with Gasteiger partial charge in [0, 0.05) is 0 Å². The Balaban J connectivity index is 2.14. The predicted octanol–water partition coefficient (Wildman–Crippen LogP) is -8.02. The van der Waals surface area contributed by atoms with Crippen LogP contribution in [0.3, 0.4) is 0 Å². The number of hydrogen-bond donors (Lipinski definition) is 8. The first-order valence-electron chi connectivity index (χ1n) is 9.32. The van der Waals surface area contributed by atoms with E-state index in [1.165, 1.54) is 20.9 Å². The Morgan fingerprint density at radius 1 is 0.564 bits per heavy atom. The van der Waals surface area contributed by atoms with Crippen LogP contribution in [0.4, 0.5) is 0 Å². The highest BCUT2D eigenvalue weighted by molar-refractivity contribution is 6.51. The van der Waals surface area contributed by atoms with Gasteiger partial charge in [-0.3, -0.25) is 19.2 Å². The molecule has 2 heterocycles. The van der Waals surface area contributed by atoms with Crippen molar-refractivity contribution in [2.45, 2.75) is 0 Å². The Labute approximate surface area is 211 Å². The standard InChI is InChI=1S/C15H8B2N4O18/c22-1(18-16-20-3(24)14(7(30)31)9(34)38-10(14)35)13(5(26)27,6(28)29)2(23)19-17-21-4(25)15(8(32)33)11(36)39-12(15)37/h(H,18,22)(H,19,23)(H,20,24)(H,21,25)(H,26,27)(H,28,29)(H,30,31)(H,32,33). The summed E-state index contributed by atoms with van der Waals surface area (Å²) in [6, 6.07) is 0. The molecule has 0 unspecified atom stereocenters. The van der Waals surface area contributed by atoms with E-state index in [9.17, 15) is 67.7 Å². The molecule has 0 aromatic carbocycles. The summed E-state index contributed by atoms with van der Waals surface area (Å²) in [5.41, 5.74) is -10.9. The van der Waals surface area contributed by atoms with Crippen molar-refractivity contribution >= 4 is 86.5 Å². The molecule has 202 valence electrons. The summed E-state index contributed by atoms with van der Waals surface area (Å²) in [7, 11) is -0.0594. The van der Waals surface area contributed by atoms with Crippen molar-refractivity contribution in [3.63, 3.8) is 0 Å². The zero-order valence-corrected chi connectivity index (χ0v) is 18.2. The average molecular weight is 554 g/mol. The number of carboxylic acid groups (broad SMARTS) is 4. The van der Waals surface area contributed by atoms with Crippen LogP contribution in [-0.4, -0.2) is 107 Å². The minimum Gasteiger partial charge on any atom is -0.480 e. The first-order valence-corrected chi connectivity index (χ1v) is 9.32. The number of aliphatic carboxylic acids is 4. The van der Waals surface area contributed by atoms with E-state index in [0.717, 1.165) is 0 Å². The van der Waals surface area contributed by atoms with Crippen LogP contribution in [0.1, 0.15) is 0 Å². The van der Waals surface area contributed by atoms with Crippen molar-refractivity contribution in [1.29, 1.82) is 0 Å². The maximum atomic E-state index is 12.4. The number of amides is 4. The largest absolute Gasteiger partial charge is 0.480 e. The van der Waals surface area contributed by atoms with E-state index < -0.39 is 87.6 Å². The molecule has 0 spiro atoms. The van der Waals surface area contributed by atoms with E-state index in [2.05, 4.69) is 9.47 Å². The minimum atomic E-state index is -4.14. The molecule has 39 heavy (non-hydrogen) atoms. The molecule has 2 aliphatic rings. The topological polar surface area (TPSA) is 352 Å². The molecular formula is C15H8B2N4O18. The van der Waals surface area contributed by atoms with Crippen LogP contribution >= 0.6 is 0 Å². The van der Waals surface area contributed by atoms with Crippen LogP contribution in [0, 0.1) is 16.2 Å². The summed E-state index contributed by atoms with van der Waals surface area (Å²) < 4.78 is 7.57. The number of hydrogen-bond acceptors (Lipinski definition) is 14. The van der Waals surface area contributed by atoms with Crippen molar-refractivity contribution in [1.82, 2.24) is 20.9 Å². The van der Waals surface area contributed by atoms with Gasteiger partial charge in [0.2, 0.25) is 23.6 Å². The van der Waals surface area contributed by atoms with Crippen molar-refractivity contribution in [2.75, 3.05) is 0 Å². The van der Waals surface area contributed by atoms with Crippen LogP contribution in [0.25, 0.3) is 0 Å². The summed E-state index contributed by atoms with van der Waals surface area (Å²) >= 11 is 0. The molecule has 2 aliphatic heterocycles. The molecule has 0 atom stereocenters. The zero-order chi connectivity index (χ0) is 30.1. The first kappa shape index (κ1) is 29.4.